The molecule has 1 aliphatic rings. The second-order valence-corrected chi connectivity index (χ2v) is 4.38. The predicted octanol–water partition coefficient (Wildman–Crippen LogP) is 2.40. The first kappa shape index (κ1) is 13.8. The number of amides is 1. The Balaban J connectivity index is 2.32. The van der Waals surface area contributed by atoms with Crippen LogP contribution in [0.5, 0.6) is 0 Å². The summed E-state index contributed by atoms with van der Waals surface area (Å²) >= 11 is 0. The first-order valence-electron chi connectivity index (χ1n) is 5.78. The Morgan fingerprint density at radius 2 is 2.35 bits per heavy atom. The predicted molar refractivity (Wildman–Crippen MR) is 67.5 cm³/mol. The molecule has 9 heteroatoms. The van der Waals surface area contributed by atoms with Crippen LogP contribution in [-0.4, -0.2) is 23.9 Å². The highest BCUT2D eigenvalue weighted by molar-refractivity contribution is 5.97. The number of carbonyl (C=O) groups is 1. The summed E-state index contributed by atoms with van der Waals surface area (Å²) in [6.07, 6.45) is 0.118. The lowest BCUT2D eigenvalue weighted by molar-refractivity contribution is -0.384. The number of hydrogen-bond donors (Lipinski definition) is 0. The largest absolute Gasteiger partial charge is 0.306 e. The first-order valence-corrected chi connectivity index (χ1v) is 5.78. The standard InChI is InChI=1S/C11H10FN5O3/c12-8-1-2-9(17(19)20)10(4-8)16-6-7(3-11(16)18)5-14-15-13/h1-2,4,7H,3,5-6H2. The number of nitro groups is 1. The molecule has 20 heavy (non-hydrogen) atoms. The van der Waals surface area contributed by atoms with Crippen molar-refractivity contribution in [3.05, 3.63) is 44.6 Å². The minimum absolute atomic E-state index is 0.0663. The van der Waals surface area contributed by atoms with Gasteiger partial charge in [0.1, 0.15) is 11.5 Å². The van der Waals surface area contributed by atoms with Gasteiger partial charge in [-0.2, -0.15) is 0 Å². The monoisotopic (exact) mass is 279 g/mol. The molecule has 0 radical (unpaired) electrons. The molecule has 1 fully saturated rings. The van der Waals surface area contributed by atoms with Gasteiger partial charge in [-0.25, -0.2) is 4.39 Å². The lowest BCUT2D eigenvalue weighted by atomic mass is 10.1. The molecule has 8 nitrogen and oxygen atoms in total. The van der Waals surface area contributed by atoms with Gasteiger partial charge < -0.3 is 4.90 Å². The molecule has 1 heterocycles. The zero-order valence-corrected chi connectivity index (χ0v) is 10.3. The van der Waals surface area contributed by atoms with Crippen LogP contribution in [0.15, 0.2) is 23.3 Å². The number of halogens is 1. The van der Waals surface area contributed by atoms with Crippen LogP contribution in [0, 0.1) is 21.8 Å². The maximum atomic E-state index is 13.3. The van der Waals surface area contributed by atoms with E-state index in [1.54, 1.807) is 0 Å². The molecule has 1 atom stereocenters. The van der Waals surface area contributed by atoms with Crippen molar-refractivity contribution < 1.29 is 14.1 Å². The Labute approximate surface area is 112 Å². The zero-order chi connectivity index (χ0) is 14.7. The Bertz CT molecular complexity index is 614. The number of carbonyl (C=O) groups excluding carboxylic acids is 1. The Morgan fingerprint density at radius 1 is 1.60 bits per heavy atom. The molecule has 0 aromatic heterocycles. The van der Waals surface area contributed by atoms with Gasteiger partial charge in [-0.05, 0) is 17.5 Å². The fourth-order valence-electron chi connectivity index (χ4n) is 2.16. The number of anilines is 1. The van der Waals surface area contributed by atoms with E-state index in [1.807, 2.05) is 0 Å². The van der Waals surface area contributed by atoms with Gasteiger partial charge in [0.15, 0.2) is 0 Å². The lowest BCUT2D eigenvalue weighted by Crippen LogP contribution is -2.25. The van der Waals surface area contributed by atoms with Crippen molar-refractivity contribution in [3.63, 3.8) is 0 Å². The van der Waals surface area contributed by atoms with Gasteiger partial charge in [0.2, 0.25) is 5.91 Å². The van der Waals surface area contributed by atoms with Crippen molar-refractivity contribution in [2.45, 2.75) is 6.42 Å². The van der Waals surface area contributed by atoms with Crippen LogP contribution in [0.4, 0.5) is 15.8 Å². The minimum atomic E-state index is -0.664. The van der Waals surface area contributed by atoms with Gasteiger partial charge in [0.25, 0.3) is 5.69 Å². The third kappa shape index (κ3) is 2.67. The molecule has 1 aromatic rings. The molecule has 104 valence electrons. The van der Waals surface area contributed by atoms with Crippen molar-refractivity contribution in [1.29, 1.82) is 0 Å². The topological polar surface area (TPSA) is 112 Å². The van der Waals surface area contributed by atoms with Crippen LogP contribution < -0.4 is 4.90 Å². The summed E-state index contributed by atoms with van der Waals surface area (Å²) < 4.78 is 13.3. The van der Waals surface area contributed by atoms with E-state index in [2.05, 4.69) is 10.0 Å². The van der Waals surface area contributed by atoms with E-state index in [9.17, 15) is 19.3 Å². The summed E-state index contributed by atoms with van der Waals surface area (Å²) in [5.74, 6) is -1.23. The van der Waals surface area contributed by atoms with E-state index in [1.165, 1.54) is 4.90 Å². The number of benzene rings is 1. The highest BCUT2D eigenvalue weighted by Gasteiger charge is 2.34. The minimum Gasteiger partial charge on any atom is -0.306 e. The number of rotatable bonds is 4. The smallest absolute Gasteiger partial charge is 0.293 e. The second kappa shape index (κ2) is 5.54. The third-order valence-electron chi connectivity index (χ3n) is 3.03. The van der Waals surface area contributed by atoms with Gasteiger partial charge in [-0.1, -0.05) is 5.11 Å². The maximum absolute atomic E-state index is 13.3. The Morgan fingerprint density at radius 3 is 3.00 bits per heavy atom. The first-order chi connectivity index (χ1) is 9.52. The van der Waals surface area contributed by atoms with Gasteiger partial charge in [-0.3, -0.25) is 14.9 Å². The molecule has 1 aliphatic heterocycles. The number of azide groups is 1. The van der Waals surface area contributed by atoms with Crippen molar-refractivity contribution >= 4 is 17.3 Å². The van der Waals surface area contributed by atoms with E-state index in [4.69, 9.17) is 5.53 Å². The van der Waals surface area contributed by atoms with E-state index in [0.717, 1.165) is 18.2 Å². The van der Waals surface area contributed by atoms with Crippen molar-refractivity contribution in [1.82, 2.24) is 0 Å². The van der Waals surface area contributed by atoms with Crippen molar-refractivity contribution in [3.8, 4) is 0 Å². The van der Waals surface area contributed by atoms with Crippen LogP contribution in [-0.2, 0) is 4.79 Å². The second-order valence-electron chi connectivity index (χ2n) is 4.38. The molecule has 0 aliphatic carbocycles. The summed E-state index contributed by atoms with van der Waals surface area (Å²) in [7, 11) is 0. The molecule has 0 bridgehead atoms. The zero-order valence-electron chi connectivity index (χ0n) is 10.3. The van der Waals surface area contributed by atoms with E-state index in [0.29, 0.717) is 0 Å². The van der Waals surface area contributed by atoms with Gasteiger partial charge in [-0.15, -0.1) is 0 Å². The van der Waals surface area contributed by atoms with Crippen molar-refractivity contribution in [2.24, 2.45) is 11.0 Å². The van der Waals surface area contributed by atoms with E-state index in [-0.39, 0.29) is 42.7 Å². The fraction of sp³-hybridized carbons (Fsp3) is 0.364. The molecular formula is C11H10FN5O3. The van der Waals surface area contributed by atoms with Crippen LogP contribution in [0.3, 0.4) is 0 Å². The molecular weight excluding hydrogens is 269 g/mol. The third-order valence-corrected chi connectivity index (χ3v) is 3.03. The molecule has 0 spiro atoms. The summed E-state index contributed by atoms with van der Waals surface area (Å²) in [5.41, 5.74) is 7.85. The van der Waals surface area contributed by atoms with Crippen LogP contribution in [0.25, 0.3) is 10.4 Å². The highest BCUT2D eigenvalue weighted by atomic mass is 19.1. The Kier molecular flexibility index (Phi) is 3.81. The lowest BCUT2D eigenvalue weighted by Gasteiger charge is -2.16. The van der Waals surface area contributed by atoms with Crippen molar-refractivity contribution in [2.75, 3.05) is 18.0 Å². The summed E-state index contributed by atoms with van der Waals surface area (Å²) in [4.78, 5) is 25.9. The molecule has 1 unspecified atom stereocenters. The molecule has 2 rings (SSSR count). The molecule has 0 saturated carbocycles. The van der Waals surface area contributed by atoms with E-state index < -0.39 is 10.7 Å². The Hall–Kier alpha value is -2.67. The highest BCUT2D eigenvalue weighted by Crippen LogP contribution is 2.33. The van der Waals surface area contributed by atoms with Crippen LogP contribution in [0.2, 0.25) is 0 Å². The maximum Gasteiger partial charge on any atom is 0.293 e. The van der Waals surface area contributed by atoms with Gasteiger partial charge >= 0.3 is 0 Å². The molecule has 1 aromatic carbocycles. The van der Waals surface area contributed by atoms with Crippen LogP contribution >= 0.6 is 0 Å². The number of hydrogen-bond acceptors (Lipinski definition) is 4. The van der Waals surface area contributed by atoms with Crippen LogP contribution in [0.1, 0.15) is 6.42 Å². The quantitative estimate of drug-likeness (QED) is 0.277. The van der Waals surface area contributed by atoms with Gasteiger partial charge in [0, 0.05) is 36.6 Å². The average Bonchev–Trinajstić information content (AvgIpc) is 2.77. The van der Waals surface area contributed by atoms with E-state index >= 15 is 0 Å². The SMILES string of the molecule is [N-]=[N+]=NCC1CC(=O)N(c2cc(F)ccc2[N+](=O)[O-])C1. The summed E-state index contributed by atoms with van der Waals surface area (Å²) in [6, 6.07) is 2.96. The summed E-state index contributed by atoms with van der Waals surface area (Å²) in [6.45, 7) is 0.296. The summed E-state index contributed by atoms with van der Waals surface area (Å²) in [5, 5.41) is 14.3. The fourth-order valence-corrected chi connectivity index (χ4v) is 2.16. The average molecular weight is 279 g/mol. The number of nitrogens with zero attached hydrogens (tertiary/aromatic N) is 5. The molecule has 1 saturated heterocycles. The normalized spacial score (nSPS) is 17.9. The van der Waals surface area contributed by atoms with Gasteiger partial charge in [0.05, 0.1) is 4.92 Å². The molecule has 0 N–H and O–H groups in total. The number of nitro benzene ring substituents is 1. The molecule has 1 amide bonds.